The second-order valence-corrected chi connectivity index (χ2v) is 3.38. The molecule has 0 heterocycles. The van der Waals surface area contributed by atoms with Crippen LogP contribution < -0.4 is 5.73 Å². The Morgan fingerprint density at radius 2 is 2.00 bits per heavy atom. The largest absolute Gasteiger partial charge is 0.480 e. The highest BCUT2D eigenvalue weighted by molar-refractivity contribution is 5.73. The van der Waals surface area contributed by atoms with Gasteiger partial charge in [-0.3, -0.25) is 4.79 Å². The SMILES string of the molecule is N[C@@H](C(=O)O)[C@@H]1CCCC[C@H]1O. The lowest BCUT2D eigenvalue weighted by molar-refractivity contribution is -0.141. The highest BCUT2D eigenvalue weighted by Crippen LogP contribution is 2.26. The molecule has 0 aromatic carbocycles. The van der Waals surface area contributed by atoms with Gasteiger partial charge in [-0.15, -0.1) is 0 Å². The third-order valence-electron chi connectivity index (χ3n) is 2.53. The van der Waals surface area contributed by atoms with Gasteiger partial charge < -0.3 is 15.9 Å². The maximum absolute atomic E-state index is 10.5. The number of carboxylic acid groups (broad SMARTS) is 1. The fraction of sp³-hybridized carbons (Fsp3) is 0.875. The number of aliphatic hydroxyl groups is 1. The van der Waals surface area contributed by atoms with Gasteiger partial charge in [0, 0.05) is 5.92 Å². The molecule has 1 aliphatic carbocycles. The Labute approximate surface area is 71.4 Å². The normalized spacial score (nSPS) is 32.8. The first-order chi connectivity index (χ1) is 5.63. The van der Waals surface area contributed by atoms with Gasteiger partial charge in [0.15, 0.2) is 0 Å². The molecule has 1 fully saturated rings. The second kappa shape index (κ2) is 3.87. The summed E-state index contributed by atoms with van der Waals surface area (Å²) in [5.74, 6) is -1.27. The van der Waals surface area contributed by atoms with Gasteiger partial charge in [-0.1, -0.05) is 12.8 Å². The molecule has 0 bridgehead atoms. The molecular weight excluding hydrogens is 158 g/mol. The molecule has 0 aliphatic heterocycles. The molecule has 70 valence electrons. The molecule has 0 spiro atoms. The number of hydrogen-bond donors (Lipinski definition) is 3. The lowest BCUT2D eigenvalue weighted by Gasteiger charge is -2.29. The summed E-state index contributed by atoms with van der Waals surface area (Å²) in [6.45, 7) is 0. The molecule has 4 heteroatoms. The van der Waals surface area contributed by atoms with Crippen LogP contribution in [0.15, 0.2) is 0 Å². The highest BCUT2D eigenvalue weighted by Gasteiger charge is 2.32. The maximum Gasteiger partial charge on any atom is 0.320 e. The van der Waals surface area contributed by atoms with E-state index in [1.807, 2.05) is 0 Å². The van der Waals surface area contributed by atoms with Crippen molar-refractivity contribution in [3.05, 3.63) is 0 Å². The van der Waals surface area contributed by atoms with Crippen LogP contribution in [0.1, 0.15) is 25.7 Å². The molecule has 0 unspecified atom stereocenters. The second-order valence-electron chi connectivity index (χ2n) is 3.38. The van der Waals surface area contributed by atoms with Crippen LogP contribution in [-0.2, 0) is 4.79 Å². The Bertz CT molecular complexity index is 172. The minimum absolute atomic E-state index is 0.253. The zero-order valence-electron chi connectivity index (χ0n) is 6.94. The maximum atomic E-state index is 10.5. The number of nitrogens with two attached hydrogens (primary N) is 1. The number of carbonyl (C=O) groups is 1. The minimum Gasteiger partial charge on any atom is -0.480 e. The van der Waals surface area contributed by atoms with Gasteiger partial charge in [-0.2, -0.15) is 0 Å². The molecule has 1 rings (SSSR count). The zero-order valence-corrected chi connectivity index (χ0v) is 6.94. The average Bonchev–Trinajstić information content (AvgIpc) is 2.04. The summed E-state index contributed by atoms with van der Waals surface area (Å²) in [5, 5.41) is 18.1. The van der Waals surface area contributed by atoms with Crippen LogP contribution in [0, 0.1) is 5.92 Å². The number of rotatable bonds is 2. The van der Waals surface area contributed by atoms with Crippen LogP contribution >= 0.6 is 0 Å². The fourth-order valence-corrected chi connectivity index (χ4v) is 1.74. The summed E-state index contributed by atoms with van der Waals surface area (Å²) in [6.07, 6.45) is 2.84. The summed E-state index contributed by atoms with van der Waals surface area (Å²) >= 11 is 0. The Morgan fingerprint density at radius 1 is 1.42 bits per heavy atom. The summed E-state index contributed by atoms with van der Waals surface area (Å²) in [7, 11) is 0. The van der Waals surface area contributed by atoms with Crippen molar-refractivity contribution in [1.82, 2.24) is 0 Å². The Kier molecular flexibility index (Phi) is 3.05. The monoisotopic (exact) mass is 173 g/mol. The number of hydrogen-bond acceptors (Lipinski definition) is 3. The van der Waals surface area contributed by atoms with E-state index in [0.717, 1.165) is 19.3 Å². The van der Waals surface area contributed by atoms with E-state index in [1.54, 1.807) is 0 Å². The lowest BCUT2D eigenvalue weighted by atomic mass is 9.82. The van der Waals surface area contributed by atoms with Gasteiger partial charge in [-0.25, -0.2) is 0 Å². The Balaban J connectivity index is 2.53. The van der Waals surface area contributed by atoms with Gasteiger partial charge >= 0.3 is 5.97 Å². The van der Waals surface area contributed by atoms with Crippen LogP contribution in [0.25, 0.3) is 0 Å². The van der Waals surface area contributed by atoms with E-state index in [0.29, 0.717) is 6.42 Å². The van der Waals surface area contributed by atoms with Gasteiger partial charge in [0.2, 0.25) is 0 Å². The van der Waals surface area contributed by atoms with Crippen molar-refractivity contribution in [3.63, 3.8) is 0 Å². The average molecular weight is 173 g/mol. The molecule has 12 heavy (non-hydrogen) atoms. The van der Waals surface area contributed by atoms with E-state index in [2.05, 4.69) is 0 Å². The molecule has 4 nitrogen and oxygen atoms in total. The molecule has 3 atom stereocenters. The first-order valence-corrected chi connectivity index (χ1v) is 4.29. The van der Waals surface area contributed by atoms with Crippen molar-refractivity contribution in [2.75, 3.05) is 0 Å². The summed E-state index contributed by atoms with van der Waals surface area (Å²) in [4.78, 5) is 10.5. The molecule has 0 aromatic rings. The summed E-state index contributed by atoms with van der Waals surface area (Å²) < 4.78 is 0. The van der Waals surface area contributed by atoms with Crippen molar-refractivity contribution < 1.29 is 15.0 Å². The molecule has 4 N–H and O–H groups in total. The third kappa shape index (κ3) is 1.95. The van der Waals surface area contributed by atoms with Crippen LogP contribution in [0.5, 0.6) is 0 Å². The standard InChI is InChI=1S/C8H15NO3/c9-7(8(11)12)5-3-1-2-4-6(5)10/h5-7,10H,1-4,9H2,(H,11,12)/t5-,6-,7-/m1/s1. The van der Waals surface area contributed by atoms with Gasteiger partial charge in [-0.05, 0) is 12.8 Å². The van der Waals surface area contributed by atoms with E-state index >= 15 is 0 Å². The van der Waals surface area contributed by atoms with Crippen LogP contribution in [0.3, 0.4) is 0 Å². The number of aliphatic carboxylic acids is 1. The molecular formula is C8H15NO3. The van der Waals surface area contributed by atoms with Crippen LogP contribution in [0.2, 0.25) is 0 Å². The number of carboxylic acids is 1. The van der Waals surface area contributed by atoms with Crippen molar-refractivity contribution in [1.29, 1.82) is 0 Å². The Hall–Kier alpha value is -0.610. The van der Waals surface area contributed by atoms with E-state index in [4.69, 9.17) is 10.8 Å². The Morgan fingerprint density at radius 3 is 2.50 bits per heavy atom. The van der Waals surface area contributed by atoms with E-state index in [1.165, 1.54) is 0 Å². The van der Waals surface area contributed by atoms with E-state index in [9.17, 15) is 9.90 Å². The first kappa shape index (κ1) is 9.48. The lowest BCUT2D eigenvalue weighted by Crippen LogP contribution is -2.45. The summed E-state index contributed by atoms with van der Waals surface area (Å²) in [6, 6.07) is -0.903. The molecule has 0 amide bonds. The van der Waals surface area contributed by atoms with Crippen LogP contribution in [0.4, 0.5) is 0 Å². The van der Waals surface area contributed by atoms with Crippen LogP contribution in [-0.4, -0.2) is 28.3 Å². The quantitative estimate of drug-likeness (QED) is 0.546. The fourth-order valence-electron chi connectivity index (χ4n) is 1.74. The van der Waals surface area contributed by atoms with Crippen molar-refractivity contribution in [3.8, 4) is 0 Å². The van der Waals surface area contributed by atoms with Crippen molar-refractivity contribution in [2.24, 2.45) is 11.7 Å². The smallest absolute Gasteiger partial charge is 0.320 e. The summed E-state index contributed by atoms with van der Waals surface area (Å²) in [5.41, 5.74) is 5.42. The zero-order chi connectivity index (χ0) is 9.14. The van der Waals surface area contributed by atoms with E-state index in [-0.39, 0.29) is 5.92 Å². The molecule has 1 saturated carbocycles. The topological polar surface area (TPSA) is 83.6 Å². The predicted molar refractivity (Wildman–Crippen MR) is 43.6 cm³/mol. The number of aliphatic hydroxyl groups excluding tert-OH is 1. The van der Waals surface area contributed by atoms with Crippen molar-refractivity contribution >= 4 is 5.97 Å². The minimum atomic E-state index is -1.01. The third-order valence-corrected chi connectivity index (χ3v) is 2.53. The van der Waals surface area contributed by atoms with Crippen molar-refractivity contribution in [2.45, 2.75) is 37.8 Å². The predicted octanol–water partition coefficient (Wildman–Crippen LogP) is -0.0506. The molecule has 0 saturated heterocycles. The van der Waals surface area contributed by atoms with Gasteiger partial charge in [0.25, 0.3) is 0 Å². The highest BCUT2D eigenvalue weighted by atomic mass is 16.4. The van der Waals surface area contributed by atoms with E-state index < -0.39 is 18.1 Å². The van der Waals surface area contributed by atoms with Gasteiger partial charge in [0.1, 0.15) is 6.04 Å². The molecule has 0 radical (unpaired) electrons. The first-order valence-electron chi connectivity index (χ1n) is 4.29. The van der Waals surface area contributed by atoms with Gasteiger partial charge in [0.05, 0.1) is 6.10 Å². The molecule has 1 aliphatic rings. The molecule has 0 aromatic heterocycles.